The molecular weight excluding hydrogens is 444 g/mol. The van der Waals surface area contributed by atoms with Gasteiger partial charge in [0.2, 0.25) is 5.91 Å². The van der Waals surface area contributed by atoms with Gasteiger partial charge in [-0.2, -0.15) is 0 Å². The molecule has 34 heavy (non-hydrogen) atoms. The van der Waals surface area contributed by atoms with Gasteiger partial charge in [0.15, 0.2) is 5.11 Å². The van der Waals surface area contributed by atoms with Gasteiger partial charge >= 0.3 is 0 Å². The molecule has 0 aromatic heterocycles. The third-order valence-corrected chi connectivity index (χ3v) is 5.15. The topological polar surface area (TPSA) is 59.6 Å². The van der Waals surface area contributed by atoms with Crippen LogP contribution in [0, 0.1) is 0 Å². The maximum absolute atomic E-state index is 12.3. The Kier molecular flexibility index (Phi) is 7.87. The van der Waals surface area contributed by atoms with E-state index in [1.165, 1.54) is 6.08 Å². The van der Waals surface area contributed by atoms with Gasteiger partial charge in [-0.25, -0.2) is 0 Å². The molecule has 0 aliphatic carbocycles. The smallest absolute Gasteiger partial charge is 0.250 e. The number of nitrogens with one attached hydrogen (secondary N) is 2. The second-order valence-corrected chi connectivity index (χ2v) is 7.79. The maximum atomic E-state index is 12.3. The molecule has 0 atom stereocenters. The van der Waals surface area contributed by atoms with E-state index >= 15 is 0 Å². The monoisotopic (exact) mass is 468 g/mol. The largest absolute Gasteiger partial charge is 0.490 e. The first-order valence-corrected chi connectivity index (χ1v) is 11.3. The summed E-state index contributed by atoms with van der Waals surface area (Å²) in [5, 5.41) is 8.10. The molecular formula is C28H24N2O3S. The molecule has 0 saturated heterocycles. The van der Waals surface area contributed by atoms with Crippen LogP contribution in [0.4, 0.5) is 5.69 Å². The van der Waals surface area contributed by atoms with Crippen LogP contribution in [-0.4, -0.2) is 24.2 Å². The SMILES string of the molecule is O=C(/C=C/c1cccc2ccccc12)NC(=S)Nc1ccc(OCCOc2ccccc2)cc1. The van der Waals surface area contributed by atoms with E-state index in [1.54, 1.807) is 6.08 Å². The van der Waals surface area contributed by atoms with Crippen molar-refractivity contribution in [2.24, 2.45) is 0 Å². The highest BCUT2D eigenvalue weighted by Crippen LogP contribution is 2.19. The summed E-state index contributed by atoms with van der Waals surface area (Å²) < 4.78 is 11.3. The molecule has 0 radical (unpaired) electrons. The summed E-state index contributed by atoms with van der Waals surface area (Å²) in [6.45, 7) is 0.881. The second kappa shape index (κ2) is 11.6. The average molecular weight is 469 g/mol. The number of carbonyl (C=O) groups excluding carboxylic acids is 1. The molecule has 0 heterocycles. The van der Waals surface area contributed by atoms with Crippen LogP contribution in [0.25, 0.3) is 16.8 Å². The summed E-state index contributed by atoms with van der Waals surface area (Å²) >= 11 is 5.26. The van der Waals surface area contributed by atoms with E-state index in [9.17, 15) is 4.79 Å². The number of para-hydroxylation sites is 1. The molecule has 0 fully saturated rings. The Morgan fingerprint density at radius 2 is 1.41 bits per heavy atom. The van der Waals surface area contributed by atoms with E-state index in [1.807, 2.05) is 97.1 Å². The van der Waals surface area contributed by atoms with E-state index in [2.05, 4.69) is 10.6 Å². The van der Waals surface area contributed by atoms with Gasteiger partial charge in [0, 0.05) is 11.8 Å². The zero-order chi connectivity index (χ0) is 23.6. The molecule has 170 valence electrons. The van der Waals surface area contributed by atoms with E-state index in [0.29, 0.717) is 13.2 Å². The van der Waals surface area contributed by atoms with Gasteiger partial charge in [-0.1, -0.05) is 60.7 Å². The van der Waals surface area contributed by atoms with Crippen molar-refractivity contribution in [3.05, 3.63) is 109 Å². The number of hydrogen-bond donors (Lipinski definition) is 2. The van der Waals surface area contributed by atoms with Gasteiger partial charge in [-0.3, -0.25) is 10.1 Å². The lowest BCUT2D eigenvalue weighted by molar-refractivity contribution is -0.115. The molecule has 4 aromatic carbocycles. The third kappa shape index (κ3) is 6.67. The number of amides is 1. The molecule has 0 aliphatic heterocycles. The molecule has 2 N–H and O–H groups in total. The second-order valence-electron chi connectivity index (χ2n) is 7.38. The number of rotatable bonds is 8. The molecule has 0 aliphatic rings. The summed E-state index contributed by atoms with van der Waals surface area (Å²) in [7, 11) is 0. The minimum absolute atomic E-state index is 0.220. The maximum Gasteiger partial charge on any atom is 0.250 e. The highest BCUT2D eigenvalue weighted by atomic mass is 32.1. The molecule has 0 bridgehead atoms. The lowest BCUT2D eigenvalue weighted by Crippen LogP contribution is -2.32. The van der Waals surface area contributed by atoms with Crippen LogP contribution in [0.1, 0.15) is 5.56 Å². The Hall–Kier alpha value is -4.16. The summed E-state index contributed by atoms with van der Waals surface area (Å²) in [6.07, 6.45) is 3.26. The zero-order valence-electron chi connectivity index (χ0n) is 18.4. The van der Waals surface area contributed by atoms with Gasteiger partial charge in [0.1, 0.15) is 24.7 Å². The summed E-state index contributed by atoms with van der Waals surface area (Å²) in [5.41, 5.74) is 1.72. The van der Waals surface area contributed by atoms with Gasteiger partial charge in [0.25, 0.3) is 0 Å². The molecule has 0 spiro atoms. The first-order chi connectivity index (χ1) is 16.7. The fraction of sp³-hybridized carbons (Fsp3) is 0.0714. The standard InChI is InChI=1S/C28H24N2O3S/c31-27(18-13-22-9-6-8-21-7-4-5-12-26(21)22)30-28(34)29-23-14-16-25(17-15-23)33-20-19-32-24-10-2-1-3-11-24/h1-18H,19-20H2,(H2,29,30,31,34)/b18-13+. The van der Waals surface area contributed by atoms with E-state index in [4.69, 9.17) is 21.7 Å². The van der Waals surface area contributed by atoms with Crippen molar-refractivity contribution in [3.63, 3.8) is 0 Å². The van der Waals surface area contributed by atoms with Gasteiger partial charge in [0.05, 0.1) is 0 Å². The van der Waals surface area contributed by atoms with Crippen molar-refractivity contribution in [2.75, 3.05) is 18.5 Å². The number of benzene rings is 4. The number of carbonyl (C=O) groups is 1. The molecule has 1 amide bonds. The molecule has 0 unspecified atom stereocenters. The number of hydrogen-bond acceptors (Lipinski definition) is 4. The average Bonchev–Trinajstić information content (AvgIpc) is 2.87. The number of anilines is 1. The number of thiocarbonyl (C=S) groups is 1. The van der Waals surface area contributed by atoms with Crippen LogP contribution < -0.4 is 20.1 Å². The highest BCUT2D eigenvalue weighted by Gasteiger charge is 2.04. The third-order valence-electron chi connectivity index (χ3n) is 4.95. The molecule has 6 heteroatoms. The van der Waals surface area contributed by atoms with E-state index in [0.717, 1.165) is 33.5 Å². The van der Waals surface area contributed by atoms with Crippen molar-refractivity contribution in [2.45, 2.75) is 0 Å². The summed E-state index contributed by atoms with van der Waals surface area (Å²) in [6, 6.07) is 31.0. The van der Waals surface area contributed by atoms with Crippen LogP contribution in [0.2, 0.25) is 0 Å². The molecule has 5 nitrogen and oxygen atoms in total. The fourth-order valence-electron chi connectivity index (χ4n) is 3.35. The van der Waals surface area contributed by atoms with Crippen LogP contribution in [-0.2, 0) is 4.79 Å². The minimum atomic E-state index is -0.302. The highest BCUT2D eigenvalue weighted by molar-refractivity contribution is 7.80. The lowest BCUT2D eigenvalue weighted by atomic mass is 10.0. The summed E-state index contributed by atoms with van der Waals surface area (Å²) in [5.74, 6) is 1.23. The summed E-state index contributed by atoms with van der Waals surface area (Å²) in [4.78, 5) is 12.3. The van der Waals surface area contributed by atoms with Crippen molar-refractivity contribution in [3.8, 4) is 11.5 Å². The van der Waals surface area contributed by atoms with Crippen molar-refractivity contribution < 1.29 is 14.3 Å². The lowest BCUT2D eigenvalue weighted by Gasteiger charge is -2.10. The Morgan fingerprint density at radius 1 is 0.765 bits per heavy atom. The zero-order valence-corrected chi connectivity index (χ0v) is 19.3. The van der Waals surface area contributed by atoms with Crippen LogP contribution in [0.3, 0.4) is 0 Å². The minimum Gasteiger partial charge on any atom is -0.490 e. The van der Waals surface area contributed by atoms with Crippen molar-refractivity contribution in [1.82, 2.24) is 5.32 Å². The molecule has 4 rings (SSSR count). The Morgan fingerprint density at radius 3 is 2.18 bits per heavy atom. The van der Waals surface area contributed by atoms with Gasteiger partial charge < -0.3 is 14.8 Å². The Labute approximate surface area is 204 Å². The van der Waals surface area contributed by atoms with Crippen LogP contribution >= 0.6 is 12.2 Å². The quantitative estimate of drug-likeness (QED) is 0.194. The van der Waals surface area contributed by atoms with Gasteiger partial charge in [-0.05, 0) is 71.0 Å². The fourth-order valence-corrected chi connectivity index (χ4v) is 3.57. The van der Waals surface area contributed by atoms with Crippen molar-refractivity contribution in [1.29, 1.82) is 0 Å². The van der Waals surface area contributed by atoms with E-state index in [-0.39, 0.29) is 11.0 Å². The number of ether oxygens (including phenoxy) is 2. The predicted octanol–water partition coefficient (Wildman–Crippen LogP) is 5.82. The Balaban J connectivity index is 1.22. The number of fused-ring (bicyclic) bond motifs is 1. The van der Waals surface area contributed by atoms with Crippen LogP contribution in [0.15, 0.2) is 103 Å². The predicted molar refractivity (Wildman–Crippen MR) is 141 cm³/mol. The van der Waals surface area contributed by atoms with Gasteiger partial charge in [-0.15, -0.1) is 0 Å². The van der Waals surface area contributed by atoms with Crippen LogP contribution in [0.5, 0.6) is 11.5 Å². The van der Waals surface area contributed by atoms with Crippen molar-refractivity contribution >= 4 is 45.8 Å². The molecule has 0 saturated carbocycles. The first-order valence-electron chi connectivity index (χ1n) is 10.9. The first kappa shape index (κ1) is 23.0. The van der Waals surface area contributed by atoms with E-state index < -0.39 is 0 Å². The normalized spacial score (nSPS) is 10.7. The Bertz CT molecular complexity index is 1280. The molecule has 4 aromatic rings.